The fourth-order valence-electron chi connectivity index (χ4n) is 0.832. The summed E-state index contributed by atoms with van der Waals surface area (Å²) in [5.74, 6) is 0.540. The zero-order valence-electron chi connectivity index (χ0n) is 7.28. The normalized spacial score (nSPS) is 10.9. The van der Waals surface area contributed by atoms with E-state index in [1.54, 1.807) is 0 Å². The van der Waals surface area contributed by atoms with Gasteiger partial charge in [0.05, 0.1) is 0 Å². The zero-order chi connectivity index (χ0) is 8.81. The summed E-state index contributed by atoms with van der Waals surface area (Å²) >= 11 is 0. The molecule has 1 heterocycles. The highest BCUT2D eigenvalue weighted by atomic mass is 16.7. The van der Waals surface area contributed by atoms with E-state index in [0.717, 1.165) is 0 Å². The predicted octanol–water partition coefficient (Wildman–Crippen LogP) is 0.876. The molecular formula is C7H13N3O2. The van der Waals surface area contributed by atoms with Crippen molar-refractivity contribution in [1.29, 1.82) is 0 Å². The van der Waals surface area contributed by atoms with Gasteiger partial charge in [0.25, 0.3) is 0 Å². The molecule has 0 aliphatic rings. The molecule has 0 aliphatic heterocycles. The van der Waals surface area contributed by atoms with Crippen LogP contribution in [0.15, 0.2) is 6.33 Å². The van der Waals surface area contributed by atoms with Crippen LogP contribution in [-0.2, 0) is 9.47 Å². The van der Waals surface area contributed by atoms with Crippen LogP contribution in [0.2, 0.25) is 0 Å². The number of nitrogens with one attached hydrogen (secondary N) is 1. The SMILES string of the molecule is CCOC(OCC)c1nc[nH]n1. The standard InChI is InChI=1S/C7H13N3O2/c1-3-11-7(12-4-2)6-8-5-9-10-6/h5,7H,3-4H2,1-2H3,(H,8,9,10). The Morgan fingerprint density at radius 3 is 2.50 bits per heavy atom. The molecule has 1 aromatic heterocycles. The maximum Gasteiger partial charge on any atom is 0.221 e. The molecule has 0 aromatic carbocycles. The quantitative estimate of drug-likeness (QED) is 0.668. The number of hydrogen-bond acceptors (Lipinski definition) is 4. The van der Waals surface area contributed by atoms with E-state index in [1.165, 1.54) is 6.33 Å². The Labute approximate surface area is 71.1 Å². The molecule has 0 atom stereocenters. The summed E-state index contributed by atoms with van der Waals surface area (Å²) in [6.07, 6.45) is 1.06. The van der Waals surface area contributed by atoms with Gasteiger partial charge in [-0.3, -0.25) is 5.10 Å². The number of aromatic nitrogens is 3. The van der Waals surface area contributed by atoms with Crippen LogP contribution in [-0.4, -0.2) is 28.4 Å². The minimum Gasteiger partial charge on any atom is -0.346 e. The van der Waals surface area contributed by atoms with Gasteiger partial charge in [-0.05, 0) is 13.8 Å². The first kappa shape index (κ1) is 9.15. The van der Waals surface area contributed by atoms with Crippen LogP contribution in [0.4, 0.5) is 0 Å². The van der Waals surface area contributed by atoms with Gasteiger partial charge in [-0.25, -0.2) is 4.98 Å². The molecule has 68 valence electrons. The summed E-state index contributed by atoms with van der Waals surface area (Å²) in [4.78, 5) is 3.94. The zero-order valence-corrected chi connectivity index (χ0v) is 7.28. The number of H-pyrrole nitrogens is 1. The average Bonchev–Trinajstić information content (AvgIpc) is 2.56. The summed E-state index contributed by atoms with van der Waals surface area (Å²) in [6, 6.07) is 0. The summed E-state index contributed by atoms with van der Waals surface area (Å²) in [5, 5.41) is 6.47. The van der Waals surface area contributed by atoms with Crippen molar-refractivity contribution in [1.82, 2.24) is 15.2 Å². The van der Waals surface area contributed by atoms with Gasteiger partial charge in [-0.1, -0.05) is 0 Å². The second-order valence-corrected chi connectivity index (χ2v) is 2.10. The lowest BCUT2D eigenvalue weighted by molar-refractivity contribution is -0.145. The Morgan fingerprint density at radius 2 is 2.08 bits per heavy atom. The Morgan fingerprint density at radius 1 is 1.42 bits per heavy atom. The molecule has 1 N–H and O–H groups in total. The van der Waals surface area contributed by atoms with Gasteiger partial charge in [0.1, 0.15) is 6.33 Å². The highest BCUT2D eigenvalue weighted by molar-refractivity contribution is 4.81. The number of aromatic amines is 1. The molecule has 1 rings (SSSR count). The average molecular weight is 171 g/mol. The lowest BCUT2D eigenvalue weighted by Crippen LogP contribution is -2.10. The molecule has 0 fully saturated rings. The summed E-state index contributed by atoms with van der Waals surface area (Å²) < 4.78 is 10.5. The number of rotatable bonds is 5. The van der Waals surface area contributed by atoms with E-state index in [9.17, 15) is 0 Å². The first-order valence-corrected chi connectivity index (χ1v) is 3.97. The van der Waals surface area contributed by atoms with Crippen molar-refractivity contribution in [3.8, 4) is 0 Å². The molecule has 0 amide bonds. The molecule has 1 aromatic rings. The second-order valence-electron chi connectivity index (χ2n) is 2.10. The largest absolute Gasteiger partial charge is 0.346 e. The van der Waals surface area contributed by atoms with E-state index in [2.05, 4.69) is 15.2 Å². The molecule has 5 heteroatoms. The summed E-state index contributed by atoms with van der Waals surface area (Å²) in [7, 11) is 0. The van der Waals surface area contributed by atoms with Crippen molar-refractivity contribution in [2.75, 3.05) is 13.2 Å². The summed E-state index contributed by atoms with van der Waals surface area (Å²) in [5.41, 5.74) is 0. The van der Waals surface area contributed by atoms with Gasteiger partial charge in [-0.15, -0.1) is 0 Å². The third-order valence-corrected chi connectivity index (χ3v) is 1.28. The smallest absolute Gasteiger partial charge is 0.221 e. The Balaban J connectivity index is 2.53. The van der Waals surface area contributed by atoms with E-state index >= 15 is 0 Å². The second kappa shape index (κ2) is 4.84. The van der Waals surface area contributed by atoms with E-state index < -0.39 is 6.29 Å². The third kappa shape index (κ3) is 2.28. The molecule has 0 saturated heterocycles. The van der Waals surface area contributed by atoms with Crippen LogP contribution in [0.25, 0.3) is 0 Å². The minimum absolute atomic E-state index is 0.439. The lowest BCUT2D eigenvalue weighted by atomic mass is 10.6. The van der Waals surface area contributed by atoms with Gasteiger partial charge >= 0.3 is 0 Å². The molecule has 5 nitrogen and oxygen atoms in total. The molecule has 12 heavy (non-hydrogen) atoms. The van der Waals surface area contributed by atoms with Crippen LogP contribution >= 0.6 is 0 Å². The van der Waals surface area contributed by atoms with E-state index in [1.807, 2.05) is 13.8 Å². The molecule has 0 saturated carbocycles. The maximum atomic E-state index is 5.26. The van der Waals surface area contributed by atoms with Crippen LogP contribution in [0.5, 0.6) is 0 Å². The first-order chi connectivity index (χ1) is 5.88. The van der Waals surface area contributed by atoms with Crippen molar-refractivity contribution < 1.29 is 9.47 Å². The lowest BCUT2D eigenvalue weighted by Gasteiger charge is -2.12. The summed E-state index contributed by atoms with van der Waals surface area (Å²) in [6.45, 7) is 4.97. The van der Waals surface area contributed by atoms with Crippen molar-refractivity contribution in [3.05, 3.63) is 12.2 Å². The van der Waals surface area contributed by atoms with E-state index in [-0.39, 0.29) is 0 Å². The number of hydrogen-bond donors (Lipinski definition) is 1. The van der Waals surface area contributed by atoms with Gasteiger partial charge in [-0.2, -0.15) is 5.10 Å². The fraction of sp³-hybridized carbons (Fsp3) is 0.714. The van der Waals surface area contributed by atoms with E-state index in [0.29, 0.717) is 19.0 Å². The third-order valence-electron chi connectivity index (χ3n) is 1.28. The molecule has 0 aliphatic carbocycles. The molecule has 0 radical (unpaired) electrons. The van der Waals surface area contributed by atoms with E-state index in [4.69, 9.17) is 9.47 Å². The van der Waals surface area contributed by atoms with Crippen LogP contribution in [0.3, 0.4) is 0 Å². The molecule has 0 bridgehead atoms. The van der Waals surface area contributed by atoms with Crippen LogP contribution in [0.1, 0.15) is 26.0 Å². The van der Waals surface area contributed by atoms with Gasteiger partial charge < -0.3 is 9.47 Å². The predicted molar refractivity (Wildman–Crippen MR) is 42.4 cm³/mol. The van der Waals surface area contributed by atoms with Gasteiger partial charge in [0.15, 0.2) is 0 Å². The highest BCUT2D eigenvalue weighted by Gasteiger charge is 2.14. The molecule has 0 spiro atoms. The van der Waals surface area contributed by atoms with Crippen molar-refractivity contribution in [3.63, 3.8) is 0 Å². The Kier molecular flexibility index (Phi) is 3.69. The van der Waals surface area contributed by atoms with Crippen LogP contribution < -0.4 is 0 Å². The van der Waals surface area contributed by atoms with Crippen molar-refractivity contribution in [2.24, 2.45) is 0 Å². The first-order valence-electron chi connectivity index (χ1n) is 3.97. The van der Waals surface area contributed by atoms with Crippen molar-refractivity contribution >= 4 is 0 Å². The van der Waals surface area contributed by atoms with Crippen LogP contribution in [0, 0.1) is 0 Å². The topological polar surface area (TPSA) is 60.0 Å². The monoisotopic (exact) mass is 171 g/mol. The van der Waals surface area contributed by atoms with Gasteiger partial charge in [0, 0.05) is 13.2 Å². The van der Waals surface area contributed by atoms with Gasteiger partial charge in [0.2, 0.25) is 12.1 Å². The molecular weight excluding hydrogens is 158 g/mol. The van der Waals surface area contributed by atoms with Crippen molar-refractivity contribution in [2.45, 2.75) is 20.1 Å². The minimum atomic E-state index is -0.439. The fourth-order valence-corrected chi connectivity index (χ4v) is 0.832. The Bertz CT molecular complexity index is 194. The Hall–Kier alpha value is -0.940. The highest BCUT2D eigenvalue weighted by Crippen LogP contribution is 2.12. The number of ether oxygens (including phenoxy) is 2. The maximum absolute atomic E-state index is 5.26. The number of nitrogens with zero attached hydrogens (tertiary/aromatic N) is 2. The molecule has 0 unspecified atom stereocenters.